The third-order valence-corrected chi connectivity index (χ3v) is 7.86. The predicted octanol–water partition coefficient (Wildman–Crippen LogP) is 4.74. The highest BCUT2D eigenvalue weighted by Crippen LogP contribution is 2.30. The lowest BCUT2D eigenvalue weighted by molar-refractivity contribution is -0.119. The number of likely N-dealkylation sites (tertiary alicyclic amines) is 1. The van der Waals surface area contributed by atoms with Crippen LogP contribution in [0.15, 0.2) is 42.7 Å². The lowest BCUT2D eigenvalue weighted by atomic mass is 9.96. The number of carbonyl (C=O) groups excluding carboxylic acids is 1. The predicted molar refractivity (Wildman–Crippen MR) is 158 cm³/mol. The molecule has 0 unspecified atom stereocenters. The van der Waals surface area contributed by atoms with Crippen LogP contribution in [0.2, 0.25) is 10.0 Å². The zero-order valence-electron chi connectivity index (χ0n) is 22.9. The summed E-state index contributed by atoms with van der Waals surface area (Å²) in [5, 5.41) is 4.04. The van der Waals surface area contributed by atoms with Crippen LogP contribution in [-0.2, 0) is 11.3 Å². The second kappa shape index (κ2) is 13.1. The SMILES string of the molecule is CC(=O)NCC1CCN(Cc2cc(Oc3cnc(N4CCN(C)CC4)cn3)nc(-c3cc(Cl)cc(Cl)c3)c2)CC1. The molecule has 5 rings (SSSR count). The summed E-state index contributed by atoms with van der Waals surface area (Å²) in [5.74, 6) is 2.20. The molecule has 11 heteroatoms. The van der Waals surface area contributed by atoms with Gasteiger partial charge < -0.3 is 19.9 Å². The minimum atomic E-state index is 0.0269. The van der Waals surface area contributed by atoms with Crippen molar-refractivity contribution in [1.29, 1.82) is 0 Å². The van der Waals surface area contributed by atoms with E-state index in [9.17, 15) is 4.79 Å². The number of anilines is 1. The number of piperazine rings is 1. The Labute approximate surface area is 245 Å². The third kappa shape index (κ3) is 7.81. The molecule has 0 saturated carbocycles. The molecule has 3 aromatic rings. The summed E-state index contributed by atoms with van der Waals surface area (Å²) in [4.78, 5) is 32.1. The quantitative estimate of drug-likeness (QED) is 0.407. The van der Waals surface area contributed by atoms with Crippen LogP contribution in [0.5, 0.6) is 11.8 Å². The number of hydrogen-bond donors (Lipinski definition) is 1. The van der Waals surface area contributed by atoms with Gasteiger partial charge in [0.25, 0.3) is 0 Å². The molecule has 0 radical (unpaired) electrons. The van der Waals surface area contributed by atoms with Crippen molar-refractivity contribution < 1.29 is 9.53 Å². The minimum absolute atomic E-state index is 0.0269. The van der Waals surface area contributed by atoms with Crippen molar-refractivity contribution in [3.8, 4) is 23.0 Å². The van der Waals surface area contributed by atoms with Gasteiger partial charge in [-0.15, -0.1) is 0 Å². The molecule has 0 spiro atoms. The highest BCUT2D eigenvalue weighted by molar-refractivity contribution is 6.35. The lowest BCUT2D eigenvalue weighted by Crippen LogP contribution is -2.44. The third-order valence-electron chi connectivity index (χ3n) is 7.42. The lowest BCUT2D eigenvalue weighted by Gasteiger charge is -2.32. The molecule has 1 aromatic carbocycles. The van der Waals surface area contributed by atoms with Crippen LogP contribution in [0.1, 0.15) is 25.3 Å². The number of likely N-dealkylation sites (N-methyl/N-ethyl adjacent to an activating group) is 1. The molecule has 0 bridgehead atoms. The fraction of sp³-hybridized carbons (Fsp3) is 0.448. The van der Waals surface area contributed by atoms with Crippen molar-refractivity contribution in [3.05, 3.63) is 58.3 Å². The molecule has 2 saturated heterocycles. The molecule has 4 heterocycles. The van der Waals surface area contributed by atoms with E-state index >= 15 is 0 Å². The van der Waals surface area contributed by atoms with Crippen LogP contribution in [0.4, 0.5) is 5.82 Å². The smallest absolute Gasteiger partial charge is 0.239 e. The molecular weight excluding hydrogens is 549 g/mol. The average molecular weight is 585 g/mol. The Morgan fingerprint density at radius 3 is 2.33 bits per heavy atom. The largest absolute Gasteiger partial charge is 0.419 e. The van der Waals surface area contributed by atoms with Crippen molar-refractivity contribution in [3.63, 3.8) is 0 Å². The summed E-state index contributed by atoms with van der Waals surface area (Å²) in [6.07, 6.45) is 5.49. The second-order valence-electron chi connectivity index (χ2n) is 10.6. The first-order valence-electron chi connectivity index (χ1n) is 13.7. The first-order valence-corrected chi connectivity index (χ1v) is 14.4. The summed E-state index contributed by atoms with van der Waals surface area (Å²) < 4.78 is 6.13. The number of nitrogens with zero attached hydrogens (tertiary/aromatic N) is 6. The van der Waals surface area contributed by atoms with Crippen molar-refractivity contribution >= 4 is 34.9 Å². The van der Waals surface area contributed by atoms with E-state index in [0.29, 0.717) is 27.7 Å². The van der Waals surface area contributed by atoms with E-state index in [0.717, 1.165) is 87.8 Å². The van der Waals surface area contributed by atoms with Gasteiger partial charge in [0, 0.05) is 67.9 Å². The van der Waals surface area contributed by atoms with Gasteiger partial charge in [-0.3, -0.25) is 9.69 Å². The Kier molecular flexibility index (Phi) is 9.36. The van der Waals surface area contributed by atoms with Gasteiger partial charge in [0.15, 0.2) is 0 Å². The van der Waals surface area contributed by atoms with E-state index in [4.69, 9.17) is 32.9 Å². The molecule has 9 nitrogen and oxygen atoms in total. The first kappa shape index (κ1) is 28.5. The number of nitrogens with one attached hydrogen (secondary N) is 1. The van der Waals surface area contributed by atoms with Crippen LogP contribution >= 0.6 is 23.2 Å². The zero-order valence-corrected chi connectivity index (χ0v) is 24.5. The molecule has 2 fully saturated rings. The van der Waals surface area contributed by atoms with Gasteiger partial charge in [0.2, 0.25) is 17.7 Å². The number of hydrogen-bond acceptors (Lipinski definition) is 8. The van der Waals surface area contributed by atoms with Gasteiger partial charge in [0.1, 0.15) is 5.82 Å². The molecule has 2 aliphatic rings. The number of benzene rings is 1. The summed E-state index contributed by atoms with van der Waals surface area (Å²) in [6, 6.07) is 9.41. The molecular formula is C29H35Cl2N7O2. The maximum atomic E-state index is 11.3. The topological polar surface area (TPSA) is 86.7 Å². The Bertz CT molecular complexity index is 1290. The molecule has 40 heavy (non-hydrogen) atoms. The van der Waals surface area contributed by atoms with Crippen molar-refractivity contribution in [1.82, 2.24) is 30.1 Å². The normalized spacial score (nSPS) is 17.1. The molecule has 1 amide bonds. The first-order chi connectivity index (χ1) is 19.3. The average Bonchev–Trinajstić information content (AvgIpc) is 2.93. The number of pyridine rings is 1. The van der Waals surface area contributed by atoms with E-state index in [2.05, 4.69) is 43.1 Å². The van der Waals surface area contributed by atoms with Crippen molar-refractivity contribution in [2.24, 2.45) is 5.92 Å². The van der Waals surface area contributed by atoms with Gasteiger partial charge in [-0.1, -0.05) is 23.2 Å². The van der Waals surface area contributed by atoms with E-state index in [-0.39, 0.29) is 5.91 Å². The second-order valence-corrected chi connectivity index (χ2v) is 11.5. The number of piperidine rings is 1. The fourth-order valence-electron chi connectivity index (χ4n) is 5.12. The van der Waals surface area contributed by atoms with Crippen LogP contribution in [0.3, 0.4) is 0 Å². The van der Waals surface area contributed by atoms with E-state index in [1.807, 2.05) is 18.2 Å². The summed E-state index contributed by atoms with van der Waals surface area (Å²) >= 11 is 12.6. The van der Waals surface area contributed by atoms with Crippen molar-refractivity contribution in [2.75, 3.05) is 57.8 Å². The Hall–Kier alpha value is -2.98. The number of halogens is 2. The van der Waals surface area contributed by atoms with Crippen molar-refractivity contribution in [2.45, 2.75) is 26.3 Å². The zero-order chi connectivity index (χ0) is 28.1. The number of carbonyl (C=O) groups is 1. The summed E-state index contributed by atoms with van der Waals surface area (Å²) in [6.45, 7) is 8.82. The molecule has 0 atom stereocenters. The van der Waals surface area contributed by atoms with Gasteiger partial charge >= 0.3 is 0 Å². The van der Waals surface area contributed by atoms with Crippen LogP contribution in [-0.4, -0.2) is 83.5 Å². The van der Waals surface area contributed by atoms with Gasteiger partial charge in [-0.2, -0.15) is 0 Å². The number of aromatic nitrogens is 3. The Morgan fingerprint density at radius 1 is 0.950 bits per heavy atom. The van der Waals surface area contributed by atoms with E-state index in [1.165, 1.54) is 0 Å². The molecule has 2 aromatic heterocycles. The van der Waals surface area contributed by atoms with Gasteiger partial charge in [-0.25, -0.2) is 15.0 Å². The highest BCUT2D eigenvalue weighted by Gasteiger charge is 2.21. The Morgan fingerprint density at radius 2 is 1.68 bits per heavy atom. The number of rotatable bonds is 8. The molecule has 2 aliphatic heterocycles. The number of ether oxygens (including phenoxy) is 1. The minimum Gasteiger partial charge on any atom is -0.419 e. The summed E-state index contributed by atoms with van der Waals surface area (Å²) in [5.41, 5.74) is 2.60. The van der Waals surface area contributed by atoms with Crippen LogP contribution in [0.25, 0.3) is 11.3 Å². The molecule has 0 aliphatic carbocycles. The van der Waals surface area contributed by atoms with E-state index in [1.54, 1.807) is 25.4 Å². The van der Waals surface area contributed by atoms with E-state index < -0.39 is 0 Å². The van der Waals surface area contributed by atoms with Gasteiger partial charge in [0.05, 0.1) is 18.1 Å². The Balaban J connectivity index is 1.32. The summed E-state index contributed by atoms with van der Waals surface area (Å²) in [7, 11) is 2.13. The maximum absolute atomic E-state index is 11.3. The van der Waals surface area contributed by atoms with Crippen LogP contribution < -0.4 is 15.0 Å². The maximum Gasteiger partial charge on any atom is 0.239 e. The molecule has 212 valence electrons. The van der Waals surface area contributed by atoms with Crippen LogP contribution in [0, 0.1) is 5.92 Å². The molecule has 1 N–H and O–H groups in total. The highest BCUT2D eigenvalue weighted by atomic mass is 35.5. The van der Waals surface area contributed by atoms with Gasteiger partial charge in [-0.05, 0) is 68.7 Å². The fourth-order valence-corrected chi connectivity index (χ4v) is 5.64. The monoisotopic (exact) mass is 583 g/mol. The standard InChI is InChI=1S/C29H35Cl2N7O2/c1-20(39)32-16-21-3-5-37(6-4-21)19-22-11-26(23-13-24(30)15-25(31)14-23)35-28(12-22)40-29-18-33-27(17-34-29)38-9-7-36(2)8-10-38/h11-15,17-18,21H,3-10,16,19H2,1-2H3,(H,32,39). The number of amides is 1.